The summed E-state index contributed by atoms with van der Waals surface area (Å²) in [5.41, 5.74) is 1.25. The summed E-state index contributed by atoms with van der Waals surface area (Å²) < 4.78 is 41.1. The van der Waals surface area contributed by atoms with E-state index in [2.05, 4.69) is 0 Å². The molecule has 0 radical (unpaired) electrons. The van der Waals surface area contributed by atoms with Crippen LogP contribution in [0.15, 0.2) is 18.2 Å². The third kappa shape index (κ3) is 3.89. The average molecular weight is 264 g/mol. The van der Waals surface area contributed by atoms with Crippen molar-refractivity contribution in [1.29, 1.82) is 0 Å². The Labute approximate surface area is 103 Å². The zero-order valence-electron chi connectivity index (χ0n) is 10.0. The monoisotopic (exact) mass is 264 g/mol. The van der Waals surface area contributed by atoms with Gasteiger partial charge in [0.1, 0.15) is 12.4 Å². The molecule has 2 N–H and O–H groups in total. The van der Waals surface area contributed by atoms with Gasteiger partial charge >= 0.3 is 6.18 Å². The van der Waals surface area contributed by atoms with Crippen molar-refractivity contribution >= 4 is 0 Å². The number of aliphatic hydroxyl groups excluding tert-OH is 2. The first-order chi connectivity index (χ1) is 8.21. The maximum Gasteiger partial charge on any atom is 0.417 e. The minimum atomic E-state index is -4.69. The van der Waals surface area contributed by atoms with Gasteiger partial charge in [0.15, 0.2) is 6.10 Å². The maximum atomic E-state index is 12.1. The highest BCUT2D eigenvalue weighted by Gasteiger charge is 2.38. The molecule has 102 valence electrons. The van der Waals surface area contributed by atoms with Crippen molar-refractivity contribution in [3.63, 3.8) is 0 Å². The predicted octanol–water partition coefficient (Wildman–Crippen LogP) is 2.35. The fourth-order valence-corrected chi connectivity index (χ4v) is 1.36. The summed E-state index contributed by atoms with van der Waals surface area (Å²) in [6.45, 7) is 2.39. The number of benzene rings is 1. The Morgan fingerprint density at radius 2 is 1.89 bits per heavy atom. The Balaban J connectivity index is 2.69. The van der Waals surface area contributed by atoms with Gasteiger partial charge in [0, 0.05) is 0 Å². The van der Waals surface area contributed by atoms with Gasteiger partial charge in [0.2, 0.25) is 0 Å². The standard InChI is InChI=1S/C12H15F3O3/c1-7-5-9(8(2)16)3-4-10(7)18-6-11(17)12(13,14)15/h3-5,8,11,16-17H,6H2,1-2H3. The van der Waals surface area contributed by atoms with E-state index in [0.717, 1.165) is 0 Å². The lowest BCUT2D eigenvalue weighted by Crippen LogP contribution is -2.34. The second kappa shape index (κ2) is 5.58. The molecule has 3 nitrogen and oxygen atoms in total. The van der Waals surface area contributed by atoms with Crippen LogP contribution in [0.5, 0.6) is 5.75 Å². The lowest BCUT2D eigenvalue weighted by atomic mass is 10.1. The SMILES string of the molecule is Cc1cc(C(C)O)ccc1OCC(O)C(F)(F)F. The van der Waals surface area contributed by atoms with Crippen LogP contribution in [-0.4, -0.2) is 29.1 Å². The summed E-state index contributed by atoms with van der Waals surface area (Å²) >= 11 is 0. The quantitative estimate of drug-likeness (QED) is 0.877. The molecule has 1 rings (SSSR count). The van der Waals surface area contributed by atoms with Crippen LogP contribution in [-0.2, 0) is 0 Å². The van der Waals surface area contributed by atoms with Crippen LogP contribution >= 0.6 is 0 Å². The van der Waals surface area contributed by atoms with Crippen molar-refractivity contribution in [3.05, 3.63) is 29.3 Å². The van der Waals surface area contributed by atoms with Crippen molar-refractivity contribution in [2.45, 2.75) is 32.2 Å². The number of alkyl halides is 3. The van der Waals surface area contributed by atoms with Crippen LogP contribution in [0.4, 0.5) is 13.2 Å². The minimum absolute atomic E-state index is 0.253. The number of hydrogen-bond acceptors (Lipinski definition) is 3. The Bertz CT molecular complexity index is 402. The van der Waals surface area contributed by atoms with Gasteiger partial charge in [0.05, 0.1) is 6.10 Å². The molecule has 0 saturated carbocycles. The van der Waals surface area contributed by atoms with Crippen LogP contribution in [0.3, 0.4) is 0 Å². The molecule has 0 heterocycles. The molecular weight excluding hydrogens is 249 g/mol. The topological polar surface area (TPSA) is 49.7 Å². The first-order valence-electron chi connectivity index (χ1n) is 5.38. The maximum absolute atomic E-state index is 12.1. The van der Waals surface area contributed by atoms with Crippen LogP contribution in [0.25, 0.3) is 0 Å². The molecule has 0 fully saturated rings. The van der Waals surface area contributed by atoms with E-state index in [1.807, 2.05) is 0 Å². The summed E-state index contributed by atoms with van der Waals surface area (Å²) in [4.78, 5) is 0. The number of aryl methyl sites for hydroxylation is 1. The smallest absolute Gasteiger partial charge is 0.417 e. The van der Waals surface area contributed by atoms with Crippen LogP contribution in [0.2, 0.25) is 0 Å². The second-order valence-corrected chi connectivity index (χ2v) is 4.07. The van der Waals surface area contributed by atoms with Crippen molar-refractivity contribution in [2.24, 2.45) is 0 Å². The summed E-state index contributed by atoms with van der Waals surface area (Å²) in [5, 5.41) is 18.1. The molecule has 2 unspecified atom stereocenters. The fraction of sp³-hybridized carbons (Fsp3) is 0.500. The van der Waals surface area contributed by atoms with E-state index in [9.17, 15) is 18.3 Å². The van der Waals surface area contributed by atoms with Crippen LogP contribution in [0.1, 0.15) is 24.2 Å². The predicted molar refractivity (Wildman–Crippen MR) is 59.4 cm³/mol. The Morgan fingerprint density at radius 3 is 2.33 bits per heavy atom. The zero-order valence-corrected chi connectivity index (χ0v) is 10.0. The van der Waals surface area contributed by atoms with Gasteiger partial charge < -0.3 is 14.9 Å². The summed E-state index contributed by atoms with van der Waals surface area (Å²) in [6, 6.07) is 4.66. The summed E-state index contributed by atoms with van der Waals surface area (Å²) in [5.74, 6) is 0.253. The number of hydrogen-bond donors (Lipinski definition) is 2. The van der Waals surface area contributed by atoms with E-state index < -0.39 is 25.0 Å². The molecule has 0 bridgehead atoms. The average Bonchev–Trinajstić information content (AvgIpc) is 2.25. The Morgan fingerprint density at radius 1 is 1.28 bits per heavy atom. The minimum Gasteiger partial charge on any atom is -0.490 e. The van der Waals surface area contributed by atoms with E-state index in [1.54, 1.807) is 26.0 Å². The highest BCUT2D eigenvalue weighted by atomic mass is 19.4. The molecule has 0 aliphatic rings. The highest BCUT2D eigenvalue weighted by Crippen LogP contribution is 2.25. The first-order valence-corrected chi connectivity index (χ1v) is 5.38. The number of halogens is 3. The lowest BCUT2D eigenvalue weighted by molar-refractivity contribution is -0.210. The van der Waals surface area contributed by atoms with Gasteiger partial charge in [-0.1, -0.05) is 6.07 Å². The molecule has 0 aromatic heterocycles. The van der Waals surface area contributed by atoms with E-state index in [1.165, 1.54) is 6.07 Å². The number of rotatable bonds is 4. The number of ether oxygens (including phenoxy) is 1. The zero-order chi connectivity index (χ0) is 13.9. The molecule has 1 aromatic rings. The van der Waals surface area contributed by atoms with Crippen LogP contribution < -0.4 is 4.74 Å². The van der Waals surface area contributed by atoms with Crippen molar-refractivity contribution < 1.29 is 28.1 Å². The molecular formula is C12H15F3O3. The molecule has 0 aliphatic heterocycles. The third-order valence-electron chi connectivity index (χ3n) is 2.46. The van der Waals surface area contributed by atoms with Crippen molar-refractivity contribution in [3.8, 4) is 5.75 Å². The van der Waals surface area contributed by atoms with E-state index in [0.29, 0.717) is 11.1 Å². The Hall–Kier alpha value is -1.27. The van der Waals surface area contributed by atoms with Gasteiger partial charge in [0.25, 0.3) is 0 Å². The number of aliphatic hydroxyl groups is 2. The van der Waals surface area contributed by atoms with Gasteiger partial charge in [-0.3, -0.25) is 0 Å². The fourth-order valence-electron chi connectivity index (χ4n) is 1.36. The summed E-state index contributed by atoms with van der Waals surface area (Å²) in [7, 11) is 0. The molecule has 2 atom stereocenters. The molecule has 18 heavy (non-hydrogen) atoms. The van der Waals surface area contributed by atoms with Gasteiger partial charge in [-0.25, -0.2) is 0 Å². The highest BCUT2D eigenvalue weighted by molar-refractivity contribution is 5.36. The van der Waals surface area contributed by atoms with Crippen molar-refractivity contribution in [1.82, 2.24) is 0 Å². The van der Waals surface area contributed by atoms with Gasteiger partial charge in [-0.2, -0.15) is 13.2 Å². The van der Waals surface area contributed by atoms with E-state index in [4.69, 9.17) is 9.84 Å². The largest absolute Gasteiger partial charge is 0.490 e. The lowest BCUT2D eigenvalue weighted by Gasteiger charge is -2.17. The molecule has 0 amide bonds. The van der Waals surface area contributed by atoms with Crippen LogP contribution in [0, 0.1) is 6.92 Å². The molecule has 0 saturated heterocycles. The molecule has 0 aliphatic carbocycles. The van der Waals surface area contributed by atoms with Gasteiger partial charge in [-0.15, -0.1) is 0 Å². The third-order valence-corrected chi connectivity index (χ3v) is 2.46. The van der Waals surface area contributed by atoms with Gasteiger partial charge in [-0.05, 0) is 37.1 Å². The molecule has 1 aromatic carbocycles. The normalized spacial score (nSPS) is 15.3. The first kappa shape index (κ1) is 14.8. The summed E-state index contributed by atoms with van der Waals surface area (Å²) in [6.07, 6.45) is -7.85. The molecule has 6 heteroatoms. The van der Waals surface area contributed by atoms with E-state index in [-0.39, 0.29) is 5.75 Å². The van der Waals surface area contributed by atoms with Crippen molar-refractivity contribution in [2.75, 3.05) is 6.61 Å². The second-order valence-electron chi connectivity index (χ2n) is 4.07. The molecule has 0 spiro atoms. The Kier molecular flexibility index (Phi) is 4.59. The van der Waals surface area contributed by atoms with E-state index >= 15 is 0 Å².